The SMILES string of the molecule is CCO[C@@H]1C[C@H]2CN(C(=O)[C@H](C3CCC(F)(F)CC3)N(Cc3ccccc3)C(=O)O)[C@H](C(=O)N[C@@H]3CCOc4ccccc43)CN2C1. The number of rotatable bonds is 9. The molecule has 10 nitrogen and oxygen atoms in total. The van der Waals surface area contributed by atoms with E-state index in [2.05, 4.69) is 10.2 Å². The Morgan fingerprint density at radius 1 is 1.04 bits per heavy atom. The third-order valence-corrected chi connectivity index (χ3v) is 10.2. The molecule has 2 aromatic rings. The van der Waals surface area contributed by atoms with Gasteiger partial charge in [-0.2, -0.15) is 0 Å². The topological polar surface area (TPSA) is 112 Å². The highest BCUT2D eigenvalue weighted by molar-refractivity contribution is 5.92. The Kier molecular flexibility index (Phi) is 9.98. The Balaban J connectivity index is 1.32. The predicted octanol–water partition coefficient (Wildman–Crippen LogP) is 4.69. The third kappa shape index (κ3) is 7.38. The van der Waals surface area contributed by atoms with Crippen LogP contribution in [-0.2, 0) is 20.9 Å². The maximum atomic E-state index is 14.9. The number of carboxylic acid groups (broad SMARTS) is 1. The second-order valence-corrected chi connectivity index (χ2v) is 13.2. The van der Waals surface area contributed by atoms with Crippen LogP contribution in [0.15, 0.2) is 54.6 Å². The van der Waals surface area contributed by atoms with Gasteiger partial charge in [0.2, 0.25) is 17.7 Å². The molecular weight excluding hydrogens is 610 g/mol. The first-order chi connectivity index (χ1) is 22.6. The summed E-state index contributed by atoms with van der Waals surface area (Å²) in [6.45, 7) is 3.93. The quantitative estimate of drug-likeness (QED) is 0.404. The van der Waals surface area contributed by atoms with Gasteiger partial charge in [-0.25, -0.2) is 13.6 Å². The van der Waals surface area contributed by atoms with Crippen LogP contribution in [0.4, 0.5) is 13.6 Å². The van der Waals surface area contributed by atoms with Crippen LogP contribution in [0.1, 0.15) is 62.6 Å². The number of alkyl halides is 2. The van der Waals surface area contributed by atoms with Crippen LogP contribution < -0.4 is 10.1 Å². The first-order valence-corrected chi connectivity index (χ1v) is 16.7. The van der Waals surface area contributed by atoms with E-state index in [0.29, 0.717) is 43.9 Å². The van der Waals surface area contributed by atoms with Gasteiger partial charge in [-0.15, -0.1) is 0 Å². The molecule has 3 heterocycles. The minimum Gasteiger partial charge on any atom is -0.493 e. The summed E-state index contributed by atoms with van der Waals surface area (Å²) in [5, 5.41) is 13.7. The van der Waals surface area contributed by atoms with Crippen molar-refractivity contribution in [2.75, 3.05) is 32.8 Å². The Morgan fingerprint density at radius 2 is 1.77 bits per heavy atom. The van der Waals surface area contributed by atoms with Gasteiger partial charge in [0.15, 0.2) is 0 Å². The van der Waals surface area contributed by atoms with Gasteiger partial charge in [-0.1, -0.05) is 48.5 Å². The molecule has 1 saturated carbocycles. The van der Waals surface area contributed by atoms with Crippen LogP contribution in [-0.4, -0.2) is 101 Å². The molecule has 4 aliphatic rings. The smallest absolute Gasteiger partial charge is 0.408 e. The van der Waals surface area contributed by atoms with E-state index in [9.17, 15) is 28.3 Å². The molecule has 0 spiro atoms. The number of hydrogen-bond donors (Lipinski definition) is 2. The van der Waals surface area contributed by atoms with Crippen molar-refractivity contribution in [3.63, 3.8) is 0 Å². The number of nitrogens with zero attached hydrogens (tertiary/aromatic N) is 3. The fraction of sp³-hybridized carbons (Fsp3) is 0.571. The summed E-state index contributed by atoms with van der Waals surface area (Å²) in [7, 11) is 0. The molecule has 2 N–H and O–H groups in total. The molecule has 47 heavy (non-hydrogen) atoms. The zero-order valence-corrected chi connectivity index (χ0v) is 26.7. The number of fused-ring (bicyclic) bond motifs is 2. The molecule has 12 heteroatoms. The molecule has 3 aliphatic heterocycles. The minimum absolute atomic E-state index is 0.00745. The summed E-state index contributed by atoms with van der Waals surface area (Å²) in [6, 6.07) is 14.0. The Morgan fingerprint density at radius 3 is 2.49 bits per heavy atom. The van der Waals surface area contributed by atoms with Crippen LogP contribution in [0, 0.1) is 5.92 Å². The lowest BCUT2D eigenvalue weighted by molar-refractivity contribution is -0.152. The number of para-hydroxylation sites is 1. The van der Waals surface area contributed by atoms with Crippen molar-refractivity contribution >= 4 is 17.9 Å². The van der Waals surface area contributed by atoms with Crippen molar-refractivity contribution < 1.29 is 37.7 Å². The van der Waals surface area contributed by atoms with Crippen LogP contribution in [0.2, 0.25) is 0 Å². The number of hydrogen-bond acceptors (Lipinski definition) is 6. The van der Waals surface area contributed by atoms with Crippen molar-refractivity contribution in [3.05, 3.63) is 65.7 Å². The van der Waals surface area contributed by atoms with Crippen molar-refractivity contribution in [2.45, 2.75) is 88.2 Å². The van der Waals surface area contributed by atoms with Gasteiger partial charge in [0.25, 0.3) is 0 Å². The number of halogens is 2. The maximum Gasteiger partial charge on any atom is 0.408 e. The first kappa shape index (κ1) is 33.1. The number of piperazine rings is 1. The van der Waals surface area contributed by atoms with Gasteiger partial charge in [-0.3, -0.25) is 19.4 Å². The monoisotopic (exact) mass is 654 g/mol. The largest absolute Gasteiger partial charge is 0.493 e. The number of nitrogens with one attached hydrogen (secondary N) is 1. The molecule has 3 amide bonds. The highest BCUT2D eigenvalue weighted by Gasteiger charge is 2.50. The Hall–Kier alpha value is -3.77. The molecule has 2 aromatic carbocycles. The fourth-order valence-electron chi connectivity index (χ4n) is 7.81. The van der Waals surface area contributed by atoms with E-state index < -0.39 is 48.8 Å². The second-order valence-electron chi connectivity index (χ2n) is 13.2. The normalized spacial score (nSPS) is 26.4. The van der Waals surface area contributed by atoms with E-state index in [1.165, 1.54) is 4.90 Å². The summed E-state index contributed by atoms with van der Waals surface area (Å²) in [6.07, 6.45) is -0.936. The van der Waals surface area contributed by atoms with Crippen molar-refractivity contribution in [3.8, 4) is 5.75 Å². The van der Waals surface area contributed by atoms with Crippen molar-refractivity contribution in [1.82, 2.24) is 20.0 Å². The van der Waals surface area contributed by atoms with E-state index in [1.807, 2.05) is 37.3 Å². The fourth-order valence-corrected chi connectivity index (χ4v) is 7.81. The third-order valence-electron chi connectivity index (χ3n) is 10.2. The lowest BCUT2D eigenvalue weighted by Crippen LogP contribution is -2.66. The van der Waals surface area contributed by atoms with Crippen molar-refractivity contribution in [1.29, 1.82) is 0 Å². The van der Waals surface area contributed by atoms with Crippen LogP contribution >= 0.6 is 0 Å². The van der Waals surface area contributed by atoms with E-state index in [1.54, 1.807) is 24.3 Å². The standard InChI is InChI=1S/C35H44F2N4O6/c1-2-46-26-18-25-20-40(29(22-39(25)21-26)32(42)38-28-14-17-47-30-11-7-6-10-27(28)30)33(43)31(24-12-15-35(36,37)16-13-24)41(34(44)45)19-23-8-4-3-5-9-23/h3-11,24-26,28-29,31H,2,12-22H2,1H3,(H,38,42)(H,44,45)/t25-,26+,28+,29-,31-/m0/s1. The van der Waals surface area contributed by atoms with E-state index in [0.717, 1.165) is 10.5 Å². The van der Waals surface area contributed by atoms with E-state index in [4.69, 9.17) is 9.47 Å². The number of carbonyl (C=O) groups is 3. The molecule has 3 fully saturated rings. The Bertz CT molecular complexity index is 1420. The number of benzene rings is 2. The zero-order chi connectivity index (χ0) is 33.1. The Labute approximate surface area is 274 Å². The molecule has 0 aromatic heterocycles. The molecule has 5 atom stereocenters. The van der Waals surface area contributed by atoms with Crippen LogP contribution in [0.25, 0.3) is 0 Å². The summed E-state index contributed by atoms with van der Waals surface area (Å²) in [5.74, 6) is -3.62. The van der Waals surface area contributed by atoms with Gasteiger partial charge in [-0.05, 0) is 43.7 Å². The highest BCUT2D eigenvalue weighted by Crippen LogP contribution is 2.40. The van der Waals surface area contributed by atoms with Crippen molar-refractivity contribution in [2.24, 2.45) is 5.92 Å². The van der Waals surface area contributed by atoms with Gasteiger partial charge < -0.3 is 24.8 Å². The van der Waals surface area contributed by atoms with Gasteiger partial charge in [0.1, 0.15) is 17.8 Å². The summed E-state index contributed by atoms with van der Waals surface area (Å²) in [4.78, 5) is 46.8. The number of amides is 3. The van der Waals surface area contributed by atoms with Gasteiger partial charge in [0, 0.05) is 63.7 Å². The lowest BCUT2D eigenvalue weighted by Gasteiger charge is -2.47. The number of carbonyl (C=O) groups excluding carboxylic acids is 2. The zero-order valence-electron chi connectivity index (χ0n) is 26.7. The molecule has 1 aliphatic carbocycles. The lowest BCUT2D eigenvalue weighted by atomic mass is 9.80. The molecular formula is C35H44F2N4O6. The van der Waals surface area contributed by atoms with Crippen LogP contribution in [0.5, 0.6) is 5.75 Å². The average molecular weight is 655 g/mol. The summed E-state index contributed by atoms with van der Waals surface area (Å²) >= 11 is 0. The van der Waals surface area contributed by atoms with E-state index >= 15 is 0 Å². The van der Waals surface area contributed by atoms with E-state index in [-0.39, 0.29) is 56.6 Å². The first-order valence-electron chi connectivity index (χ1n) is 16.7. The van der Waals surface area contributed by atoms with Gasteiger partial charge in [0.05, 0.1) is 18.8 Å². The van der Waals surface area contributed by atoms with Gasteiger partial charge >= 0.3 is 6.09 Å². The molecule has 6 rings (SSSR count). The molecule has 0 unspecified atom stereocenters. The number of ether oxygens (including phenoxy) is 2. The second kappa shape index (κ2) is 14.1. The minimum atomic E-state index is -2.86. The molecule has 0 radical (unpaired) electrons. The highest BCUT2D eigenvalue weighted by atomic mass is 19.3. The predicted molar refractivity (Wildman–Crippen MR) is 169 cm³/mol. The molecule has 0 bridgehead atoms. The molecule has 2 saturated heterocycles. The summed E-state index contributed by atoms with van der Waals surface area (Å²) < 4.78 is 40.4. The van der Waals surface area contributed by atoms with Crippen LogP contribution in [0.3, 0.4) is 0 Å². The summed E-state index contributed by atoms with van der Waals surface area (Å²) in [5.41, 5.74) is 1.54. The average Bonchev–Trinajstić information content (AvgIpc) is 3.46. The maximum absolute atomic E-state index is 14.9. The molecule has 254 valence electrons.